The minimum absolute atomic E-state index is 0.160. The smallest absolute Gasteiger partial charge is 0.265 e. The highest BCUT2D eigenvalue weighted by atomic mass is 16.7. The molecule has 5 rings (SSSR count). The second kappa shape index (κ2) is 9.99. The van der Waals surface area contributed by atoms with E-state index in [0.717, 1.165) is 11.1 Å². The summed E-state index contributed by atoms with van der Waals surface area (Å²) < 4.78 is 21.8. The molecule has 2 heterocycles. The largest absolute Gasteiger partial charge is 0.485 e. The van der Waals surface area contributed by atoms with Gasteiger partial charge in [-0.15, -0.1) is 0 Å². The van der Waals surface area contributed by atoms with Crippen LogP contribution in [0.5, 0.6) is 23.0 Å². The van der Waals surface area contributed by atoms with Gasteiger partial charge in [-0.3, -0.25) is 19.3 Å². The summed E-state index contributed by atoms with van der Waals surface area (Å²) in [5.41, 5.74) is 2.58. The van der Waals surface area contributed by atoms with Crippen molar-refractivity contribution in [3.05, 3.63) is 77.4 Å². The van der Waals surface area contributed by atoms with E-state index in [9.17, 15) is 14.4 Å². The third kappa shape index (κ3) is 5.10. The highest BCUT2D eigenvalue weighted by Crippen LogP contribution is 2.34. The molecule has 0 aromatic heterocycles. The number of hydrogen-bond acceptors (Lipinski definition) is 7. The minimum Gasteiger partial charge on any atom is -0.485 e. The lowest BCUT2D eigenvalue weighted by atomic mass is 10.1. The van der Waals surface area contributed by atoms with E-state index in [0.29, 0.717) is 34.2 Å². The third-order valence-electron chi connectivity index (χ3n) is 5.81. The lowest BCUT2D eigenvalue weighted by Crippen LogP contribution is -2.45. The number of ether oxygens (including phenoxy) is 4. The Bertz CT molecular complexity index is 1340. The molecule has 0 spiro atoms. The molecule has 0 unspecified atom stereocenters. The number of amides is 2. The standard InChI is InChI=1S/C27H24N2O7/c1-17-3-2-4-20(9-17)33-14-22(30)19-6-8-23-21(11-19)29(27(32)15-34-23)13-26(31)28-12-18-5-7-24-25(10-18)36-16-35-24/h2-11H,12-16H2,1H3,(H,28,31). The summed E-state index contributed by atoms with van der Waals surface area (Å²) in [6.45, 7) is 1.81. The van der Waals surface area contributed by atoms with E-state index in [4.69, 9.17) is 18.9 Å². The first-order valence-electron chi connectivity index (χ1n) is 11.4. The van der Waals surface area contributed by atoms with E-state index in [2.05, 4.69) is 5.32 Å². The number of benzene rings is 3. The van der Waals surface area contributed by atoms with Crippen molar-refractivity contribution in [1.29, 1.82) is 0 Å². The number of aryl methyl sites for hydroxylation is 1. The highest BCUT2D eigenvalue weighted by molar-refractivity contribution is 6.04. The Kier molecular flexibility index (Phi) is 6.44. The molecule has 2 aliphatic rings. The Morgan fingerprint density at radius 3 is 2.67 bits per heavy atom. The Labute approximate surface area is 207 Å². The average molecular weight is 488 g/mol. The Morgan fingerprint density at radius 1 is 0.972 bits per heavy atom. The first-order chi connectivity index (χ1) is 17.5. The van der Waals surface area contributed by atoms with Gasteiger partial charge in [-0.2, -0.15) is 0 Å². The van der Waals surface area contributed by atoms with Gasteiger partial charge in [0.2, 0.25) is 12.7 Å². The van der Waals surface area contributed by atoms with Crippen molar-refractivity contribution in [3.8, 4) is 23.0 Å². The quantitative estimate of drug-likeness (QED) is 0.486. The molecule has 0 radical (unpaired) electrons. The van der Waals surface area contributed by atoms with Gasteiger partial charge in [-0.1, -0.05) is 18.2 Å². The molecule has 0 fully saturated rings. The monoisotopic (exact) mass is 488 g/mol. The summed E-state index contributed by atoms with van der Waals surface area (Å²) in [6, 6.07) is 17.6. The molecular weight excluding hydrogens is 464 g/mol. The number of Topliss-reactive ketones (excluding diaryl/α,β-unsaturated/α-hetero) is 1. The van der Waals surface area contributed by atoms with Crippen LogP contribution in [0.3, 0.4) is 0 Å². The zero-order valence-electron chi connectivity index (χ0n) is 19.6. The maximum absolute atomic E-state index is 12.8. The Morgan fingerprint density at radius 2 is 1.81 bits per heavy atom. The van der Waals surface area contributed by atoms with Crippen molar-refractivity contribution >= 4 is 23.3 Å². The summed E-state index contributed by atoms with van der Waals surface area (Å²) in [4.78, 5) is 39.4. The molecule has 0 saturated heterocycles. The number of nitrogens with one attached hydrogen (secondary N) is 1. The number of rotatable bonds is 8. The molecule has 1 N–H and O–H groups in total. The summed E-state index contributed by atoms with van der Waals surface area (Å²) in [6.07, 6.45) is 0. The van der Waals surface area contributed by atoms with Gasteiger partial charge in [0.1, 0.15) is 18.0 Å². The predicted molar refractivity (Wildman–Crippen MR) is 130 cm³/mol. The van der Waals surface area contributed by atoms with Crippen molar-refractivity contribution < 1.29 is 33.3 Å². The van der Waals surface area contributed by atoms with E-state index < -0.39 is 0 Å². The Hall–Kier alpha value is -4.53. The van der Waals surface area contributed by atoms with Crippen molar-refractivity contribution in [3.63, 3.8) is 0 Å². The summed E-state index contributed by atoms with van der Waals surface area (Å²) in [5, 5.41) is 2.81. The molecule has 3 aromatic rings. The molecule has 184 valence electrons. The molecule has 9 nitrogen and oxygen atoms in total. The van der Waals surface area contributed by atoms with Crippen LogP contribution in [0.25, 0.3) is 0 Å². The van der Waals surface area contributed by atoms with Gasteiger partial charge in [0.05, 0.1) is 5.69 Å². The van der Waals surface area contributed by atoms with Crippen molar-refractivity contribution in [2.45, 2.75) is 13.5 Å². The zero-order valence-corrected chi connectivity index (χ0v) is 19.6. The first kappa shape index (κ1) is 23.2. The predicted octanol–water partition coefficient (Wildman–Crippen LogP) is 3.03. The van der Waals surface area contributed by atoms with Crippen LogP contribution in [-0.4, -0.2) is 44.1 Å². The van der Waals surface area contributed by atoms with Crippen LogP contribution >= 0.6 is 0 Å². The molecule has 2 aliphatic heterocycles. The number of carbonyl (C=O) groups is 3. The van der Waals surface area contributed by atoms with Gasteiger partial charge in [-0.05, 0) is 60.5 Å². The lowest BCUT2D eigenvalue weighted by Gasteiger charge is -2.29. The van der Waals surface area contributed by atoms with Crippen molar-refractivity contribution in [2.24, 2.45) is 0 Å². The van der Waals surface area contributed by atoms with Crippen LogP contribution in [0.2, 0.25) is 0 Å². The number of carbonyl (C=O) groups excluding carboxylic acids is 3. The van der Waals surface area contributed by atoms with Gasteiger partial charge in [0.15, 0.2) is 30.5 Å². The maximum Gasteiger partial charge on any atom is 0.265 e. The number of ketones is 1. The molecule has 0 atom stereocenters. The minimum atomic E-state index is -0.374. The highest BCUT2D eigenvalue weighted by Gasteiger charge is 2.28. The number of hydrogen-bond donors (Lipinski definition) is 1. The summed E-state index contributed by atoms with van der Waals surface area (Å²) in [7, 11) is 0. The first-order valence-corrected chi connectivity index (χ1v) is 11.4. The second-order valence-electron chi connectivity index (χ2n) is 8.44. The van der Waals surface area contributed by atoms with Crippen molar-refractivity contribution in [1.82, 2.24) is 5.32 Å². The zero-order chi connectivity index (χ0) is 25.1. The molecule has 36 heavy (non-hydrogen) atoms. The third-order valence-corrected chi connectivity index (χ3v) is 5.81. The summed E-state index contributed by atoms with van der Waals surface area (Å²) in [5.74, 6) is 1.33. The Balaban J connectivity index is 1.24. The van der Waals surface area contributed by atoms with Crippen LogP contribution in [0.1, 0.15) is 21.5 Å². The molecule has 0 bridgehead atoms. The number of nitrogens with zero attached hydrogens (tertiary/aromatic N) is 1. The van der Waals surface area contributed by atoms with Crippen molar-refractivity contribution in [2.75, 3.05) is 31.5 Å². The maximum atomic E-state index is 12.8. The fourth-order valence-corrected chi connectivity index (χ4v) is 3.94. The second-order valence-corrected chi connectivity index (χ2v) is 8.44. The fourth-order valence-electron chi connectivity index (χ4n) is 3.94. The van der Waals surface area contributed by atoms with Crippen LogP contribution < -0.4 is 29.2 Å². The molecule has 0 saturated carbocycles. The van der Waals surface area contributed by atoms with Gasteiger partial charge >= 0.3 is 0 Å². The van der Waals surface area contributed by atoms with Crippen LogP contribution in [0.4, 0.5) is 5.69 Å². The van der Waals surface area contributed by atoms with E-state index >= 15 is 0 Å². The topological polar surface area (TPSA) is 103 Å². The van der Waals surface area contributed by atoms with Gasteiger partial charge in [0, 0.05) is 12.1 Å². The van der Waals surface area contributed by atoms with E-state index in [1.807, 2.05) is 31.2 Å². The van der Waals surface area contributed by atoms with Crippen LogP contribution in [0, 0.1) is 6.92 Å². The van der Waals surface area contributed by atoms with E-state index in [-0.39, 0.29) is 50.7 Å². The average Bonchev–Trinajstić information content (AvgIpc) is 3.35. The van der Waals surface area contributed by atoms with Crippen LogP contribution in [0.15, 0.2) is 60.7 Å². The van der Waals surface area contributed by atoms with Gasteiger partial charge in [0.25, 0.3) is 5.91 Å². The molecule has 3 aromatic carbocycles. The number of fused-ring (bicyclic) bond motifs is 2. The number of anilines is 1. The summed E-state index contributed by atoms with van der Waals surface area (Å²) >= 11 is 0. The molecule has 9 heteroatoms. The fraction of sp³-hybridized carbons (Fsp3) is 0.222. The molecule has 2 amide bonds. The molecular formula is C27H24N2O7. The van der Waals surface area contributed by atoms with Crippen LogP contribution in [-0.2, 0) is 16.1 Å². The lowest BCUT2D eigenvalue weighted by molar-refractivity contribution is -0.125. The van der Waals surface area contributed by atoms with E-state index in [1.165, 1.54) is 4.90 Å². The van der Waals surface area contributed by atoms with E-state index in [1.54, 1.807) is 36.4 Å². The van der Waals surface area contributed by atoms with Gasteiger partial charge < -0.3 is 24.3 Å². The molecule has 0 aliphatic carbocycles. The SMILES string of the molecule is Cc1cccc(OCC(=O)c2ccc3c(c2)N(CC(=O)NCc2ccc4c(c2)OCO4)C(=O)CO3)c1. The normalized spacial score (nSPS) is 13.6. The van der Waals surface area contributed by atoms with Gasteiger partial charge in [-0.25, -0.2) is 0 Å².